The predicted molar refractivity (Wildman–Crippen MR) is 65.4 cm³/mol. The molecule has 2 rings (SSSR count). The van der Waals surface area contributed by atoms with Crippen LogP contribution in [0.5, 0.6) is 0 Å². The highest BCUT2D eigenvalue weighted by atomic mass is 79.9. The predicted octanol–water partition coefficient (Wildman–Crippen LogP) is 2.26. The van der Waals surface area contributed by atoms with Gasteiger partial charge >= 0.3 is 0 Å². The summed E-state index contributed by atoms with van der Waals surface area (Å²) in [6, 6.07) is 5.49. The summed E-state index contributed by atoms with van der Waals surface area (Å²) < 4.78 is 0.704. The average Bonchev–Trinajstić information content (AvgIpc) is 2.17. The van der Waals surface area contributed by atoms with Gasteiger partial charge in [0.05, 0.1) is 4.92 Å². The lowest BCUT2D eigenvalue weighted by molar-refractivity contribution is -0.384. The van der Waals surface area contributed by atoms with Gasteiger partial charge < -0.3 is 11.1 Å². The third-order valence-corrected chi connectivity index (χ3v) is 3.18. The zero-order valence-electron chi connectivity index (χ0n) is 8.52. The van der Waals surface area contributed by atoms with Gasteiger partial charge in [-0.1, -0.05) is 15.9 Å². The van der Waals surface area contributed by atoms with E-state index in [9.17, 15) is 10.1 Å². The minimum Gasteiger partial charge on any atom is -0.377 e. The van der Waals surface area contributed by atoms with Crippen LogP contribution in [0.25, 0.3) is 0 Å². The molecule has 1 aliphatic rings. The van der Waals surface area contributed by atoms with E-state index in [2.05, 4.69) is 21.2 Å². The molecule has 0 amide bonds. The molecule has 0 unspecified atom stereocenters. The van der Waals surface area contributed by atoms with Gasteiger partial charge in [0, 0.05) is 22.6 Å². The van der Waals surface area contributed by atoms with E-state index in [0.29, 0.717) is 10.2 Å². The van der Waals surface area contributed by atoms with Crippen LogP contribution >= 0.6 is 15.9 Å². The second-order valence-corrected chi connectivity index (χ2v) is 4.91. The molecule has 86 valence electrons. The number of rotatable bonds is 3. The number of hydrogen-bond donors (Lipinski definition) is 2. The number of anilines is 1. The SMILES string of the molecule is NC1CC(Nc2ccc(Br)cc2[N+](=O)[O-])C1. The summed E-state index contributed by atoms with van der Waals surface area (Å²) in [4.78, 5) is 10.5. The molecule has 0 aromatic heterocycles. The fraction of sp³-hybridized carbons (Fsp3) is 0.400. The molecule has 0 bridgehead atoms. The first-order valence-electron chi connectivity index (χ1n) is 5.02. The van der Waals surface area contributed by atoms with Crippen molar-refractivity contribution in [2.45, 2.75) is 24.9 Å². The fourth-order valence-corrected chi connectivity index (χ4v) is 2.13. The van der Waals surface area contributed by atoms with Crippen LogP contribution in [0, 0.1) is 10.1 Å². The van der Waals surface area contributed by atoms with E-state index in [1.54, 1.807) is 12.1 Å². The molecule has 0 spiro atoms. The molecule has 1 aliphatic carbocycles. The Kier molecular flexibility index (Phi) is 3.11. The van der Waals surface area contributed by atoms with Crippen molar-refractivity contribution in [2.75, 3.05) is 5.32 Å². The molecule has 0 heterocycles. The van der Waals surface area contributed by atoms with Crippen LogP contribution in [0.3, 0.4) is 0 Å². The van der Waals surface area contributed by atoms with Crippen LogP contribution in [-0.2, 0) is 0 Å². The molecule has 5 nitrogen and oxygen atoms in total. The summed E-state index contributed by atoms with van der Waals surface area (Å²) in [5.74, 6) is 0. The largest absolute Gasteiger partial charge is 0.377 e. The minimum atomic E-state index is -0.383. The lowest BCUT2D eigenvalue weighted by Crippen LogP contribution is -2.44. The molecule has 0 saturated heterocycles. The number of hydrogen-bond acceptors (Lipinski definition) is 4. The van der Waals surface area contributed by atoms with Crippen LogP contribution in [-0.4, -0.2) is 17.0 Å². The first-order valence-corrected chi connectivity index (χ1v) is 5.81. The number of nitrogens with two attached hydrogens (primary N) is 1. The van der Waals surface area contributed by atoms with Crippen LogP contribution in [0.4, 0.5) is 11.4 Å². The maximum Gasteiger partial charge on any atom is 0.293 e. The molecule has 1 aromatic rings. The number of nitro benzene ring substituents is 1. The first-order chi connectivity index (χ1) is 7.56. The molecule has 1 aromatic carbocycles. The summed E-state index contributed by atoms with van der Waals surface area (Å²) in [5.41, 5.74) is 6.32. The van der Waals surface area contributed by atoms with Gasteiger partial charge in [-0.25, -0.2) is 0 Å². The highest BCUT2D eigenvalue weighted by Gasteiger charge is 2.27. The van der Waals surface area contributed by atoms with Crippen molar-refractivity contribution in [3.05, 3.63) is 32.8 Å². The van der Waals surface area contributed by atoms with E-state index in [1.807, 2.05) is 0 Å². The molecule has 1 fully saturated rings. The summed E-state index contributed by atoms with van der Waals surface area (Å²) in [7, 11) is 0. The van der Waals surface area contributed by atoms with Gasteiger partial charge in [0.15, 0.2) is 0 Å². The molecular formula is C10H12BrN3O2. The van der Waals surface area contributed by atoms with Crippen molar-refractivity contribution < 1.29 is 4.92 Å². The number of halogens is 1. The van der Waals surface area contributed by atoms with Gasteiger partial charge in [0.2, 0.25) is 0 Å². The Morgan fingerprint density at radius 3 is 2.75 bits per heavy atom. The van der Waals surface area contributed by atoms with Gasteiger partial charge in [0.1, 0.15) is 5.69 Å². The number of benzene rings is 1. The van der Waals surface area contributed by atoms with Crippen LogP contribution < -0.4 is 11.1 Å². The van der Waals surface area contributed by atoms with E-state index in [1.165, 1.54) is 6.07 Å². The lowest BCUT2D eigenvalue weighted by atomic mass is 9.87. The smallest absolute Gasteiger partial charge is 0.293 e. The average molecular weight is 286 g/mol. The molecule has 0 atom stereocenters. The Balaban J connectivity index is 2.16. The molecular weight excluding hydrogens is 274 g/mol. The van der Waals surface area contributed by atoms with Gasteiger partial charge in [-0.15, -0.1) is 0 Å². The monoisotopic (exact) mass is 285 g/mol. The van der Waals surface area contributed by atoms with Crippen molar-refractivity contribution in [1.29, 1.82) is 0 Å². The van der Waals surface area contributed by atoms with Gasteiger partial charge in [-0.05, 0) is 25.0 Å². The summed E-state index contributed by atoms with van der Waals surface area (Å²) in [6.45, 7) is 0. The first kappa shape index (κ1) is 11.3. The Hall–Kier alpha value is -1.14. The zero-order valence-corrected chi connectivity index (χ0v) is 10.1. The highest BCUT2D eigenvalue weighted by molar-refractivity contribution is 9.10. The Bertz CT molecular complexity index is 419. The molecule has 0 aliphatic heterocycles. The normalized spacial score (nSPS) is 23.6. The third kappa shape index (κ3) is 2.33. The van der Waals surface area contributed by atoms with E-state index in [-0.39, 0.29) is 22.7 Å². The van der Waals surface area contributed by atoms with Crippen LogP contribution in [0.2, 0.25) is 0 Å². The maximum atomic E-state index is 10.8. The Labute approximate surface area is 101 Å². The highest BCUT2D eigenvalue weighted by Crippen LogP contribution is 2.31. The minimum absolute atomic E-state index is 0.0925. The molecule has 3 N–H and O–H groups in total. The van der Waals surface area contributed by atoms with E-state index in [4.69, 9.17) is 5.73 Å². The second-order valence-electron chi connectivity index (χ2n) is 3.99. The Morgan fingerprint density at radius 2 is 2.19 bits per heavy atom. The summed E-state index contributed by atoms with van der Waals surface area (Å²) in [5, 5.41) is 14.0. The van der Waals surface area contributed by atoms with Crippen LogP contribution in [0.15, 0.2) is 22.7 Å². The van der Waals surface area contributed by atoms with Crippen molar-refractivity contribution in [1.82, 2.24) is 0 Å². The topological polar surface area (TPSA) is 81.2 Å². The van der Waals surface area contributed by atoms with Gasteiger partial charge in [-0.3, -0.25) is 10.1 Å². The van der Waals surface area contributed by atoms with Crippen molar-refractivity contribution in [3.8, 4) is 0 Å². The molecule has 0 radical (unpaired) electrons. The number of nitrogens with zero attached hydrogens (tertiary/aromatic N) is 1. The van der Waals surface area contributed by atoms with Crippen molar-refractivity contribution >= 4 is 27.3 Å². The maximum absolute atomic E-state index is 10.8. The van der Waals surface area contributed by atoms with E-state index in [0.717, 1.165) is 12.8 Å². The van der Waals surface area contributed by atoms with Gasteiger partial charge in [0.25, 0.3) is 5.69 Å². The molecule has 1 saturated carbocycles. The Morgan fingerprint density at radius 1 is 1.50 bits per heavy atom. The van der Waals surface area contributed by atoms with E-state index >= 15 is 0 Å². The van der Waals surface area contributed by atoms with Crippen molar-refractivity contribution in [3.63, 3.8) is 0 Å². The summed E-state index contributed by atoms with van der Waals surface area (Å²) >= 11 is 3.22. The standard InChI is InChI=1S/C10H12BrN3O2/c11-6-1-2-9(10(3-6)14(15)16)13-8-4-7(12)5-8/h1-3,7-8,13H,4-5,12H2. The summed E-state index contributed by atoms with van der Waals surface area (Å²) in [6.07, 6.45) is 1.74. The third-order valence-electron chi connectivity index (χ3n) is 2.69. The lowest BCUT2D eigenvalue weighted by Gasteiger charge is -2.33. The van der Waals surface area contributed by atoms with Gasteiger partial charge in [-0.2, -0.15) is 0 Å². The number of nitro groups is 1. The van der Waals surface area contributed by atoms with Crippen molar-refractivity contribution in [2.24, 2.45) is 5.73 Å². The van der Waals surface area contributed by atoms with Crippen LogP contribution in [0.1, 0.15) is 12.8 Å². The molecule has 6 heteroatoms. The zero-order chi connectivity index (χ0) is 11.7. The number of nitrogens with one attached hydrogen (secondary N) is 1. The quantitative estimate of drug-likeness (QED) is 0.659. The fourth-order valence-electron chi connectivity index (χ4n) is 1.78. The molecule has 16 heavy (non-hydrogen) atoms. The van der Waals surface area contributed by atoms with E-state index < -0.39 is 0 Å². The second kappa shape index (κ2) is 4.39.